The van der Waals surface area contributed by atoms with E-state index in [2.05, 4.69) is 5.32 Å². The van der Waals surface area contributed by atoms with Crippen LogP contribution < -0.4 is 5.32 Å². The average Bonchev–Trinajstić information content (AvgIpc) is 2.45. The second-order valence-electron chi connectivity index (χ2n) is 4.85. The Balaban J connectivity index is 2.14. The monoisotopic (exact) mass is 285 g/mol. The molecule has 0 aliphatic carbocycles. The van der Waals surface area contributed by atoms with Gasteiger partial charge >= 0.3 is 0 Å². The van der Waals surface area contributed by atoms with Crippen LogP contribution in [0.15, 0.2) is 24.3 Å². The first kappa shape index (κ1) is 17.0. The van der Waals surface area contributed by atoms with Gasteiger partial charge in [-0.05, 0) is 19.4 Å². The summed E-state index contributed by atoms with van der Waals surface area (Å²) in [4.78, 5) is 0. The molecule has 0 amide bonds. The maximum absolute atomic E-state index is 13.3. The summed E-state index contributed by atoms with van der Waals surface area (Å²) in [5.41, 5.74) is 0.501. The normalized spacial score (nSPS) is 14.2. The summed E-state index contributed by atoms with van der Waals surface area (Å²) in [6, 6.07) is 6.74. The molecule has 0 aromatic heterocycles. The third-order valence-electron chi connectivity index (χ3n) is 2.98. The number of benzene rings is 1. The van der Waals surface area contributed by atoms with Gasteiger partial charge in [-0.1, -0.05) is 18.2 Å². The third kappa shape index (κ3) is 6.96. The van der Waals surface area contributed by atoms with Gasteiger partial charge in [0.25, 0.3) is 0 Å². The fourth-order valence-electron chi connectivity index (χ4n) is 1.71. The molecule has 2 atom stereocenters. The highest BCUT2D eigenvalue weighted by Crippen LogP contribution is 2.07. The third-order valence-corrected chi connectivity index (χ3v) is 2.98. The summed E-state index contributed by atoms with van der Waals surface area (Å²) in [7, 11) is 1.66. The van der Waals surface area contributed by atoms with Crippen LogP contribution in [-0.2, 0) is 16.1 Å². The summed E-state index contributed by atoms with van der Waals surface area (Å²) < 4.78 is 23.6. The molecule has 0 aliphatic rings. The molecule has 0 saturated carbocycles. The Hall–Kier alpha value is -1.01. The Bertz CT molecular complexity index is 376. The molecule has 1 aromatic rings. The van der Waals surface area contributed by atoms with Crippen molar-refractivity contribution in [1.29, 1.82) is 0 Å². The molecule has 5 heteroatoms. The van der Waals surface area contributed by atoms with Crippen LogP contribution in [0, 0.1) is 5.82 Å². The molecule has 0 aliphatic heterocycles. The molecular weight excluding hydrogens is 261 g/mol. The Morgan fingerprint density at radius 3 is 2.80 bits per heavy atom. The summed E-state index contributed by atoms with van der Waals surface area (Å²) in [5, 5.41) is 13.0. The largest absolute Gasteiger partial charge is 0.389 e. The lowest BCUT2D eigenvalue weighted by molar-refractivity contribution is 0.0264. The van der Waals surface area contributed by atoms with Gasteiger partial charge in [0.15, 0.2) is 0 Å². The Kier molecular flexibility index (Phi) is 8.37. The van der Waals surface area contributed by atoms with E-state index < -0.39 is 6.10 Å². The van der Waals surface area contributed by atoms with Gasteiger partial charge < -0.3 is 19.9 Å². The summed E-state index contributed by atoms with van der Waals surface area (Å²) in [5.74, 6) is -0.284. The molecule has 0 fully saturated rings. The molecule has 0 radical (unpaired) electrons. The minimum absolute atomic E-state index is 0.170. The van der Waals surface area contributed by atoms with Crippen molar-refractivity contribution in [3.05, 3.63) is 35.6 Å². The highest BCUT2D eigenvalue weighted by molar-refractivity contribution is 5.16. The molecule has 20 heavy (non-hydrogen) atoms. The van der Waals surface area contributed by atoms with Gasteiger partial charge in [0, 0.05) is 31.9 Å². The summed E-state index contributed by atoms with van der Waals surface area (Å²) >= 11 is 0. The van der Waals surface area contributed by atoms with E-state index in [-0.39, 0.29) is 25.1 Å². The molecule has 2 unspecified atom stereocenters. The zero-order valence-electron chi connectivity index (χ0n) is 12.1. The van der Waals surface area contributed by atoms with Crippen molar-refractivity contribution in [1.82, 2.24) is 5.32 Å². The van der Waals surface area contributed by atoms with E-state index in [9.17, 15) is 9.50 Å². The average molecular weight is 285 g/mol. The second-order valence-corrected chi connectivity index (χ2v) is 4.85. The smallest absolute Gasteiger partial charge is 0.128 e. The van der Waals surface area contributed by atoms with Gasteiger partial charge in [0.05, 0.1) is 19.3 Å². The molecule has 0 heterocycles. The van der Waals surface area contributed by atoms with Crippen LogP contribution in [0.2, 0.25) is 0 Å². The van der Waals surface area contributed by atoms with Crippen LogP contribution in [0.5, 0.6) is 0 Å². The number of rotatable bonds is 10. The number of hydrogen-bond acceptors (Lipinski definition) is 4. The molecule has 4 nitrogen and oxygen atoms in total. The van der Waals surface area contributed by atoms with E-state index in [4.69, 9.17) is 9.47 Å². The lowest BCUT2D eigenvalue weighted by atomic mass is 10.2. The lowest BCUT2D eigenvalue weighted by Crippen LogP contribution is -2.36. The summed E-state index contributed by atoms with van der Waals surface area (Å²) in [6.07, 6.45) is 0.283. The van der Waals surface area contributed by atoms with Gasteiger partial charge in [0.1, 0.15) is 5.82 Å². The maximum atomic E-state index is 13.3. The van der Waals surface area contributed by atoms with E-state index >= 15 is 0 Å². The van der Waals surface area contributed by atoms with Crippen LogP contribution in [0.3, 0.4) is 0 Å². The molecule has 114 valence electrons. The van der Waals surface area contributed by atoms with Crippen LogP contribution >= 0.6 is 0 Å². The van der Waals surface area contributed by atoms with Gasteiger partial charge in [-0.2, -0.15) is 0 Å². The molecule has 0 saturated heterocycles. The number of hydrogen-bond donors (Lipinski definition) is 2. The van der Waals surface area contributed by atoms with E-state index in [1.807, 2.05) is 6.92 Å². The molecule has 1 aromatic carbocycles. The van der Waals surface area contributed by atoms with Crippen LogP contribution in [0.25, 0.3) is 0 Å². The number of aliphatic hydroxyl groups excluding tert-OH is 1. The SMILES string of the molecule is COCCC(C)NCC(O)COCc1ccccc1F. The minimum atomic E-state index is -0.605. The minimum Gasteiger partial charge on any atom is -0.389 e. The molecular formula is C15H24FNO3. The van der Waals surface area contributed by atoms with Crippen LogP contribution in [-0.4, -0.2) is 44.1 Å². The van der Waals surface area contributed by atoms with Crippen LogP contribution in [0.4, 0.5) is 4.39 Å². The Morgan fingerprint density at radius 2 is 2.10 bits per heavy atom. The topological polar surface area (TPSA) is 50.7 Å². The highest BCUT2D eigenvalue weighted by atomic mass is 19.1. The van der Waals surface area contributed by atoms with Crippen molar-refractivity contribution >= 4 is 0 Å². The van der Waals surface area contributed by atoms with E-state index in [0.717, 1.165) is 6.42 Å². The number of aliphatic hydroxyl groups is 1. The standard InChI is InChI=1S/C15H24FNO3/c1-12(7-8-19-2)17-9-14(18)11-20-10-13-5-3-4-6-15(13)16/h3-6,12,14,17-18H,7-11H2,1-2H3. The van der Waals surface area contributed by atoms with Crippen molar-refractivity contribution in [2.45, 2.75) is 32.1 Å². The maximum Gasteiger partial charge on any atom is 0.128 e. The first-order valence-corrected chi connectivity index (χ1v) is 6.85. The fourth-order valence-corrected chi connectivity index (χ4v) is 1.71. The molecule has 0 spiro atoms. The number of halogens is 1. The highest BCUT2D eigenvalue weighted by Gasteiger charge is 2.08. The first-order valence-electron chi connectivity index (χ1n) is 6.85. The van der Waals surface area contributed by atoms with Crippen molar-refractivity contribution in [2.75, 3.05) is 26.9 Å². The predicted molar refractivity (Wildman–Crippen MR) is 76.0 cm³/mol. The number of ether oxygens (including phenoxy) is 2. The van der Waals surface area contributed by atoms with Gasteiger partial charge in [-0.25, -0.2) is 4.39 Å². The zero-order chi connectivity index (χ0) is 14.8. The van der Waals surface area contributed by atoms with Gasteiger partial charge in [-0.3, -0.25) is 0 Å². The Labute approximate surface area is 119 Å². The van der Waals surface area contributed by atoms with Gasteiger partial charge in [0.2, 0.25) is 0 Å². The van der Waals surface area contributed by atoms with E-state index in [1.54, 1.807) is 25.3 Å². The van der Waals surface area contributed by atoms with Crippen molar-refractivity contribution < 1.29 is 19.0 Å². The van der Waals surface area contributed by atoms with E-state index in [1.165, 1.54) is 6.07 Å². The number of methoxy groups -OCH3 is 1. The molecule has 0 bridgehead atoms. The second kappa shape index (κ2) is 9.83. The zero-order valence-corrected chi connectivity index (χ0v) is 12.1. The molecule has 1 rings (SSSR count). The van der Waals surface area contributed by atoms with Crippen molar-refractivity contribution in [2.24, 2.45) is 0 Å². The first-order chi connectivity index (χ1) is 9.63. The number of nitrogens with one attached hydrogen (secondary N) is 1. The van der Waals surface area contributed by atoms with Gasteiger partial charge in [-0.15, -0.1) is 0 Å². The van der Waals surface area contributed by atoms with Crippen LogP contribution in [0.1, 0.15) is 18.9 Å². The quantitative estimate of drug-likeness (QED) is 0.687. The predicted octanol–water partition coefficient (Wildman–Crippen LogP) is 1.72. The van der Waals surface area contributed by atoms with Crippen molar-refractivity contribution in [3.8, 4) is 0 Å². The Morgan fingerprint density at radius 1 is 1.35 bits per heavy atom. The lowest BCUT2D eigenvalue weighted by Gasteiger charge is -2.17. The molecule has 2 N–H and O–H groups in total. The van der Waals surface area contributed by atoms with E-state index in [0.29, 0.717) is 18.7 Å². The van der Waals surface area contributed by atoms with Crippen molar-refractivity contribution in [3.63, 3.8) is 0 Å². The fraction of sp³-hybridized carbons (Fsp3) is 0.600. The summed E-state index contributed by atoms with van der Waals surface area (Å²) in [6.45, 7) is 3.52.